The number of rotatable bonds is 6. The number of phenolic OH excluding ortho intramolecular Hbond substituents is 1. The highest BCUT2D eigenvalue weighted by atomic mass is 35.5. The first-order chi connectivity index (χ1) is 15.7. The summed E-state index contributed by atoms with van der Waals surface area (Å²) in [6, 6.07) is 11.5. The van der Waals surface area contributed by atoms with Gasteiger partial charge in [0.25, 0.3) is 0 Å². The maximum absolute atomic E-state index is 13.2. The number of aromatic hydroxyl groups is 1. The van der Waals surface area contributed by atoms with Gasteiger partial charge < -0.3 is 19.9 Å². The van der Waals surface area contributed by atoms with Crippen molar-refractivity contribution in [3.8, 4) is 5.75 Å². The molecule has 0 aromatic heterocycles. The quantitative estimate of drug-likeness (QED) is 0.533. The molecule has 0 bridgehead atoms. The minimum atomic E-state index is -0.794. The smallest absolute Gasteiger partial charge is 0.337 e. The number of carbonyl (C=O) groups excluding carboxylic acids is 2. The van der Waals surface area contributed by atoms with Gasteiger partial charge in [-0.15, -0.1) is 0 Å². The van der Waals surface area contributed by atoms with E-state index in [-0.39, 0.29) is 23.5 Å². The molecular weight excluding hydrogens is 465 g/mol. The lowest BCUT2D eigenvalue weighted by Gasteiger charge is -2.30. The molecule has 1 unspecified atom stereocenters. The van der Waals surface area contributed by atoms with Crippen molar-refractivity contribution in [2.75, 3.05) is 13.7 Å². The van der Waals surface area contributed by atoms with Crippen LogP contribution >= 0.6 is 23.2 Å². The fourth-order valence-electron chi connectivity index (χ4n) is 3.66. The Balaban J connectivity index is 1.91. The number of benzene rings is 2. The summed E-state index contributed by atoms with van der Waals surface area (Å²) in [7, 11) is 1.28. The third-order valence-electron chi connectivity index (χ3n) is 5.17. The van der Waals surface area contributed by atoms with Crippen molar-refractivity contribution in [2.24, 2.45) is 0 Å². The Kier molecular flexibility index (Phi) is 7.84. The Morgan fingerprint density at radius 2 is 1.67 bits per heavy atom. The number of phenols is 1. The molecule has 1 atom stereocenters. The number of dihydropyridines is 1. The van der Waals surface area contributed by atoms with E-state index in [0.717, 1.165) is 5.56 Å². The molecule has 0 saturated heterocycles. The lowest BCUT2D eigenvalue weighted by molar-refractivity contribution is -0.138. The molecule has 0 aliphatic carbocycles. The Hall–Kier alpha value is -3.22. The van der Waals surface area contributed by atoms with Crippen LogP contribution in [0.25, 0.3) is 6.08 Å². The van der Waals surface area contributed by atoms with Gasteiger partial charge >= 0.3 is 11.9 Å². The first-order valence-corrected chi connectivity index (χ1v) is 10.8. The van der Waals surface area contributed by atoms with E-state index in [2.05, 4.69) is 5.32 Å². The van der Waals surface area contributed by atoms with Crippen molar-refractivity contribution in [2.45, 2.75) is 19.8 Å². The van der Waals surface area contributed by atoms with Crippen LogP contribution in [0.15, 0.2) is 71.1 Å². The molecule has 33 heavy (non-hydrogen) atoms. The highest BCUT2D eigenvalue weighted by Crippen LogP contribution is 2.42. The lowest BCUT2D eigenvalue weighted by Crippen LogP contribution is -2.32. The number of ether oxygens (including phenoxy) is 2. The summed E-state index contributed by atoms with van der Waals surface area (Å²) in [6.07, 6.45) is 3.45. The van der Waals surface area contributed by atoms with Crippen molar-refractivity contribution < 1.29 is 24.2 Å². The van der Waals surface area contributed by atoms with E-state index in [1.807, 2.05) is 0 Å². The Morgan fingerprint density at radius 1 is 1.03 bits per heavy atom. The highest BCUT2D eigenvalue weighted by molar-refractivity contribution is 6.35. The first kappa shape index (κ1) is 24.4. The number of nitrogens with one attached hydrogen (secondary N) is 1. The van der Waals surface area contributed by atoms with Crippen LogP contribution in [0.3, 0.4) is 0 Å². The number of halogens is 2. The van der Waals surface area contributed by atoms with Gasteiger partial charge in [-0.2, -0.15) is 0 Å². The van der Waals surface area contributed by atoms with Gasteiger partial charge in [-0.3, -0.25) is 0 Å². The average molecular weight is 488 g/mol. The standard InChI is InChI=1S/C25H23Cl2NO5/c1-14-21(24(30)32-3)23(19-11-8-17(26)13-20(19)27)22(15(2)28-14)25(31)33-12-4-5-16-6-9-18(29)10-7-16/h4-11,13,23,28-29H,12H2,1-3H3. The van der Waals surface area contributed by atoms with Crippen LogP contribution in [0.5, 0.6) is 5.75 Å². The fourth-order valence-corrected chi connectivity index (χ4v) is 4.18. The number of esters is 2. The van der Waals surface area contributed by atoms with Crippen molar-refractivity contribution >= 4 is 41.2 Å². The van der Waals surface area contributed by atoms with Crippen molar-refractivity contribution in [3.05, 3.63) is 92.3 Å². The zero-order valence-electron chi connectivity index (χ0n) is 18.3. The van der Waals surface area contributed by atoms with Crippen LogP contribution in [0.2, 0.25) is 10.0 Å². The summed E-state index contributed by atoms with van der Waals surface area (Å²) in [5.74, 6) is -1.80. The van der Waals surface area contributed by atoms with E-state index < -0.39 is 17.9 Å². The van der Waals surface area contributed by atoms with Gasteiger partial charge in [-0.25, -0.2) is 9.59 Å². The Bertz CT molecular complexity index is 1170. The second-order valence-corrected chi connectivity index (χ2v) is 8.23. The molecule has 0 amide bonds. The van der Waals surface area contributed by atoms with E-state index in [1.54, 1.807) is 68.5 Å². The van der Waals surface area contributed by atoms with Crippen LogP contribution in [-0.2, 0) is 19.1 Å². The molecule has 2 aromatic carbocycles. The molecule has 0 spiro atoms. The van der Waals surface area contributed by atoms with Crippen LogP contribution in [0.4, 0.5) is 0 Å². The zero-order valence-corrected chi connectivity index (χ0v) is 19.8. The average Bonchev–Trinajstić information content (AvgIpc) is 2.77. The summed E-state index contributed by atoms with van der Waals surface area (Å²) >= 11 is 12.5. The molecule has 2 N–H and O–H groups in total. The van der Waals surface area contributed by atoms with Gasteiger partial charge in [0, 0.05) is 21.4 Å². The van der Waals surface area contributed by atoms with E-state index in [9.17, 15) is 14.7 Å². The van der Waals surface area contributed by atoms with Gasteiger partial charge in [0.15, 0.2) is 0 Å². The minimum absolute atomic E-state index is 0.00775. The van der Waals surface area contributed by atoms with Gasteiger partial charge in [0.2, 0.25) is 0 Å². The predicted molar refractivity (Wildman–Crippen MR) is 128 cm³/mol. The molecule has 8 heteroatoms. The van der Waals surface area contributed by atoms with Gasteiger partial charge in [0.05, 0.1) is 24.2 Å². The molecule has 0 fully saturated rings. The van der Waals surface area contributed by atoms with E-state index in [4.69, 9.17) is 32.7 Å². The number of methoxy groups -OCH3 is 1. The third kappa shape index (κ3) is 5.59. The largest absolute Gasteiger partial charge is 0.508 e. The molecule has 172 valence electrons. The molecule has 1 aliphatic heterocycles. The number of hydrogen-bond donors (Lipinski definition) is 2. The number of hydrogen-bond acceptors (Lipinski definition) is 6. The minimum Gasteiger partial charge on any atom is -0.508 e. The third-order valence-corrected chi connectivity index (χ3v) is 5.74. The van der Waals surface area contributed by atoms with Gasteiger partial charge in [-0.05, 0) is 55.3 Å². The summed E-state index contributed by atoms with van der Waals surface area (Å²) < 4.78 is 10.5. The topological polar surface area (TPSA) is 84.9 Å². The number of carbonyl (C=O) groups is 2. The highest BCUT2D eigenvalue weighted by Gasteiger charge is 2.38. The molecular formula is C25H23Cl2NO5. The molecule has 6 nitrogen and oxygen atoms in total. The van der Waals surface area contributed by atoms with Gasteiger partial charge in [0.1, 0.15) is 12.4 Å². The first-order valence-electron chi connectivity index (χ1n) is 10.1. The zero-order chi connectivity index (χ0) is 24.1. The van der Waals surface area contributed by atoms with Crippen LogP contribution < -0.4 is 5.32 Å². The van der Waals surface area contributed by atoms with E-state index in [1.165, 1.54) is 7.11 Å². The van der Waals surface area contributed by atoms with Crippen molar-refractivity contribution in [1.82, 2.24) is 5.32 Å². The molecule has 3 rings (SSSR count). The summed E-state index contributed by atoms with van der Waals surface area (Å²) in [4.78, 5) is 25.8. The molecule has 0 saturated carbocycles. The molecule has 2 aromatic rings. The normalized spacial score (nSPS) is 16.1. The second kappa shape index (κ2) is 10.6. The fraction of sp³-hybridized carbons (Fsp3) is 0.200. The maximum atomic E-state index is 13.2. The second-order valence-electron chi connectivity index (χ2n) is 7.39. The monoisotopic (exact) mass is 487 g/mol. The lowest BCUT2D eigenvalue weighted by atomic mass is 9.80. The predicted octanol–water partition coefficient (Wildman–Crippen LogP) is 5.36. The van der Waals surface area contributed by atoms with Crippen molar-refractivity contribution in [3.63, 3.8) is 0 Å². The summed E-state index contributed by atoms with van der Waals surface area (Å²) in [6.45, 7) is 3.47. The van der Waals surface area contributed by atoms with Crippen molar-refractivity contribution in [1.29, 1.82) is 0 Å². The van der Waals surface area contributed by atoms with Crippen LogP contribution in [0, 0.1) is 0 Å². The van der Waals surface area contributed by atoms with Crippen LogP contribution in [-0.4, -0.2) is 30.8 Å². The van der Waals surface area contributed by atoms with E-state index >= 15 is 0 Å². The summed E-state index contributed by atoms with van der Waals surface area (Å²) in [5.41, 5.74) is 2.99. The number of allylic oxidation sites excluding steroid dienone is 2. The molecule has 1 heterocycles. The molecule has 1 aliphatic rings. The Labute approximate surface area is 202 Å². The Morgan fingerprint density at radius 3 is 2.27 bits per heavy atom. The SMILES string of the molecule is COC(=O)C1=C(C)NC(C)=C(C(=O)OCC=Cc2ccc(O)cc2)C1c1ccc(Cl)cc1Cl. The van der Waals surface area contributed by atoms with E-state index in [0.29, 0.717) is 27.0 Å². The molecule has 0 radical (unpaired) electrons. The maximum Gasteiger partial charge on any atom is 0.337 e. The van der Waals surface area contributed by atoms with Gasteiger partial charge in [-0.1, -0.05) is 47.5 Å². The summed E-state index contributed by atoms with van der Waals surface area (Å²) in [5, 5.41) is 13.2. The van der Waals surface area contributed by atoms with Crippen LogP contribution in [0.1, 0.15) is 30.9 Å².